The highest BCUT2D eigenvalue weighted by Gasteiger charge is 2.47. The van der Waals surface area contributed by atoms with E-state index in [0.29, 0.717) is 17.3 Å². The van der Waals surface area contributed by atoms with Crippen LogP contribution in [-0.4, -0.2) is 22.3 Å². The summed E-state index contributed by atoms with van der Waals surface area (Å²) >= 11 is 3.19. The first-order valence-corrected chi connectivity index (χ1v) is 8.65. The molecule has 0 radical (unpaired) electrons. The molecule has 1 unspecified atom stereocenters. The summed E-state index contributed by atoms with van der Waals surface area (Å²) in [5, 5.41) is 10.1. The number of hydrogen-bond acceptors (Lipinski definition) is 4. The summed E-state index contributed by atoms with van der Waals surface area (Å²) in [7, 11) is 0. The van der Waals surface area contributed by atoms with E-state index in [1.165, 1.54) is 13.2 Å². The van der Waals surface area contributed by atoms with Crippen molar-refractivity contribution in [2.24, 2.45) is 5.92 Å². The number of allylic oxidation sites excluding steroid dienone is 6. The molecule has 4 nitrogen and oxygen atoms in total. The van der Waals surface area contributed by atoms with E-state index in [2.05, 4.69) is 35.9 Å². The van der Waals surface area contributed by atoms with Crippen LogP contribution in [0.25, 0.3) is 0 Å². The van der Waals surface area contributed by atoms with Gasteiger partial charge in [-0.1, -0.05) is 38.0 Å². The highest BCUT2D eigenvalue weighted by molar-refractivity contribution is 9.12. The van der Waals surface area contributed by atoms with Crippen molar-refractivity contribution < 1.29 is 19.4 Å². The number of fused-ring (bicyclic) bond motifs is 1. The normalized spacial score (nSPS) is 26.2. The highest BCUT2D eigenvalue weighted by atomic mass is 79.9. The Kier molecular flexibility index (Phi) is 5.45. The molecular formula is C19H21BrO4. The van der Waals surface area contributed by atoms with Crippen molar-refractivity contribution >= 4 is 27.5 Å². The van der Waals surface area contributed by atoms with Gasteiger partial charge in [-0.15, -0.1) is 0 Å². The van der Waals surface area contributed by atoms with Crippen molar-refractivity contribution in [1.29, 1.82) is 0 Å². The summed E-state index contributed by atoms with van der Waals surface area (Å²) in [5.41, 5.74) is -0.328. The number of carbonyl (C=O) groups is 2. The van der Waals surface area contributed by atoms with Gasteiger partial charge in [0.2, 0.25) is 11.6 Å². The number of Topliss-reactive ketones (excluding diaryl/α,β-unsaturated/α-hetero) is 2. The van der Waals surface area contributed by atoms with Gasteiger partial charge in [0.1, 0.15) is 12.0 Å². The first-order valence-electron chi connectivity index (χ1n) is 7.85. The SMILES string of the molecule is CC[C@H](C)C=C(C)C=CC1=CC2=C(Br)C(=O)C(C)(O)C(=O)C2=CO1. The second kappa shape index (κ2) is 7.03. The first-order chi connectivity index (χ1) is 11.2. The van der Waals surface area contributed by atoms with Crippen molar-refractivity contribution in [3.63, 3.8) is 0 Å². The van der Waals surface area contributed by atoms with Gasteiger partial charge in [0, 0.05) is 5.57 Å². The molecule has 5 heteroatoms. The molecule has 0 saturated heterocycles. The van der Waals surface area contributed by atoms with E-state index in [-0.39, 0.29) is 10.1 Å². The molecule has 2 rings (SSSR count). The fourth-order valence-electron chi connectivity index (χ4n) is 2.43. The lowest BCUT2D eigenvalue weighted by molar-refractivity contribution is -0.144. The second-order valence-electron chi connectivity index (χ2n) is 6.28. The largest absolute Gasteiger partial charge is 0.464 e. The summed E-state index contributed by atoms with van der Waals surface area (Å²) < 4.78 is 5.64. The molecule has 0 aromatic carbocycles. The first kappa shape index (κ1) is 18.6. The van der Waals surface area contributed by atoms with Gasteiger partial charge in [-0.05, 0) is 47.8 Å². The fraction of sp³-hybridized carbons (Fsp3) is 0.368. The number of hydrogen-bond donors (Lipinski definition) is 1. The van der Waals surface area contributed by atoms with Crippen LogP contribution in [0.2, 0.25) is 0 Å². The Morgan fingerprint density at radius 1 is 1.42 bits per heavy atom. The minimum atomic E-state index is -2.06. The molecule has 0 saturated carbocycles. The van der Waals surface area contributed by atoms with Gasteiger partial charge >= 0.3 is 0 Å². The third-order valence-electron chi connectivity index (χ3n) is 4.16. The lowest BCUT2D eigenvalue weighted by Gasteiger charge is -2.29. The molecule has 0 amide bonds. The second-order valence-corrected chi connectivity index (χ2v) is 7.08. The molecule has 0 fully saturated rings. The predicted octanol–water partition coefficient (Wildman–Crippen LogP) is 3.88. The number of rotatable bonds is 4. The highest BCUT2D eigenvalue weighted by Crippen LogP contribution is 2.37. The molecule has 0 spiro atoms. The van der Waals surface area contributed by atoms with Crippen LogP contribution in [0, 0.1) is 5.92 Å². The van der Waals surface area contributed by atoms with Crippen molar-refractivity contribution in [2.75, 3.05) is 0 Å². The molecule has 1 aliphatic heterocycles. The van der Waals surface area contributed by atoms with Crippen LogP contribution in [0.5, 0.6) is 0 Å². The monoisotopic (exact) mass is 392 g/mol. The van der Waals surface area contributed by atoms with E-state index in [9.17, 15) is 14.7 Å². The zero-order valence-corrected chi connectivity index (χ0v) is 15.8. The summed E-state index contributed by atoms with van der Waals surface area (Å²) in [4.78, 5) is 24.4. The molecule has 0 aromatic heterocycles. The molecule has 2 aliphatic rings. The quantitative estimate of drug-likeness (QED) is 0.582. The minimum absolute atomic E-state index is 0.180. The van der Waals surface area contributed by atoms with Gasteiger partial charge in [-0.2, -0.15) is 0 Å². The third-order valence-corrected chi connectivity index (χ3v) is 4.94. The van der Waals surface area contributed by atoms with E-state index in [0.717, 1.165) is 12.0 Å². The Morgan fingerprint density at radius 3 is 2.71 bits per heavy atom. The van der Waals surface area contributed by atoms with Crippen LogP contribution in [0.15, 0.2) is 57.5 Å². The standard InChI is InChI=1S/C19H21BrO4/c1-5-11(2)8-12(3)6-7-13-9-14-15(10-24-13)17(21)19(4,23)18(22)16(14)20/h6-11,23H,5H2,1-4H3/t11-,19?/m0/s1. The molecule has 0 bridgehead atoms. The van der Waals surface area contributed by atoms with Crippen molar-refractivity contribution in [3.8, 4) is 0 Å². The Bertz CT molecular complexity index is 732. The number of ether oxygens (including phenoxy) is 1. The average molecular weight is 393 g/mol. The van der Waals surface area contributed by atoms with Crippen molar-refractivity contribution in [2.45, 2.75) is 39.7 Å². The van der Waals surface area contributed by atoms with Crippen molar-refractivity contribution in [3.05, 3.63) is 57.5 Å². The lowest BCUT2D eigenvalue weighted by atomic mass is 9.80. The van der Waals surface area contributed by atoms with Gasteiger partial charge in [0.15, 0.2) is 5.60 Å². The zero-order valence-electron chi connectivity index (χ0n) is 14.2. The molecule has 0 aromatic rings. The maximum Gasteiger partial charge on any atom is 0.209 e. The van der Waals surface area contributed by atoms with Crippen LogP contribution < -0.4 is 0 Å². The van der Waals surface area contributed by atoms with Gasteiger partial charge < -0.3 is 9.84 Å². The fourth-order valence-corrected chi connectivity index (χ4v) is 3.14. The summed E-state index contributed by atoms with van der Waals surface area (Å²) in [5.74, 6) is -0.286. The lowest BCUT2D eigenvalue weighted by Crippen LogP contribution is -2.48. The maximum absolute atomic E-state index is 12.2. The third kappa shape index (κ3) is 3.52. The molecular weight excluding hydrogens is 372 g/mol. The zero-order chi connectivity index (χ0) is 18.1. The number of halogens is 1. The Hall–Kier alpha value is -1.72. The Morgan fingerprint density at radius 2 is 2.08 bits per heavy atom. The number of carbonyl (C=O) groups excluding carboxylic acids is 2. The number of ketones is 2. The van der Waals surface area contributed by atoms with Crippen LogP contribution >= 0.6 is 15.9 Å². The molecule has 128 valence electrons. The Labute approximate surface area is 150 Å². The number of aliphatic hydroxyl groups is 1. The molecule has 1 aliphatic carbocycles. The molecule has 2 atom stereocenters. The van der Waals surface area contributed by atoms with E-state index in [1.807, 2.05) is 13.0 Å². The van der Waals surface area contributed by atoms with Gasteiger partial charge in [0.25, 0.3) is 0 Å². The molecule has 1 heterocycles. The summed E-state index contributed by atoms with van der Waals surface area (Å²) in [6, 6.07) is 0. The Balaban J connectivity index is 2.31. The van der Waals surface area contributed by atoms with E-state index in [4.69, 9.17) is 4.74 Å². The maximum atomic E-state index is 12.2. The van der Waals surface area contributed by atoms with Crippen LogP contribution in [0.4, 0.5) is 0 Å². The van der Waals surface area contributed by atoms with Crippen molar-refractivity contribution in [1.82, 2.24) is 0 Å². The van der Waals surface area contributed by atoms with Crippen LogP contribution in [-0.2, 0) is 14.3 Å². The molecule has 24 heavy (non-hydrogen) atoms. The van der Waals surface area contributed by atoms with E-state index < -0.39 is 17.2 Å². The van der Waals surface area contributed by atoms with Gasteiger partial charge in [0.05, 0.1) is 10.1 Å². The van der Waals surface area contributed by atoms with Gasteiger partial charge in [-0.25, -0.2) is 0 Å². The topological polar surface area (TPSA) is 63.6 Å². The van der Waals surface area contributed by atoms with Gasteiger partial charge in [-0.3, -0.25) is 9.59 Å². The van der Waals surface area contributed by atoms with E-state index >= 15 is 0 Å². The summed E-state index contributed by atoms with van der Waals surface area (Å²) in [6.07, 6.45) is 9.86. The van der Waals surface area contributed by atoms with Crippen LogP contribution in [0.1, 0.15) is 34.1 Å². The average Bonchev–Trinajstić information content (AvgIpc) is 2.56. The molecule has 1 N–H and O–H groups in total. The van der Waals surface area contributed by atoms with E-state index in [1.54, 1.807) is 12.2 Å². The van der Waals surface area contributed by atoms with Crippen LogP contribution in [0.3, 0.4) is 0 Å². The smallest absolute Gasteiger partial charge is 0.209 e. The minimum Gasteiger partial charge on any atom is -0.464 e. The summed E-state index contributed by atoms with van der Waals surface area (Å²) in [6.45, 7) is 7.48. The predicted molar refractivity (Wildman–Crippen MR) is 96.2 cm³/mol.